The van der Waals surface area contributed by atoms with Crippen LogP contribution in [0.25, 0.3) is 44.1 Å². The van der Waals surface area contributed by atoms with E-state index in [1.165, 1.54) is 0 Å². The first-order valence-corrected chi connectivity index (χ1v) is 17.6. The number of rotatable bonds is 7. The van der Waals surface area contributed by atoms with Crippen LogP contribution in [0.4, 0.5) is 5.69 Å². The van der Waals surface area contributed by atoms with Gasteiger partial charge in [0.15, 0.2) is 0 Å². The number of piperidine rings is 1. The summed E-state index contributed by atoms with van der Waals surface area (Å²) in [7, 11) is 1.82. The first-order chi connectivity index (χ1) is 25.6. The van der Waals surface area contributed by atoms with Crippen molar-refractivity contribution in [2.24, 2.45) is 7.05 Å². The molecule has 6 aromatic rings. The van der Waals surface area contributed by atoms with Crippen molar-refractivity contribution in [3.8, 4) is 34.2 Å². The van der Waals surface area contributed by atoms with E-state index in [0.717, 1.165) is 56.0 Å². The average Bonchev–Trinajstić information content (AvgIpc) is 3.17. The number of nitrogens with zero attached hydrogens (tertiary/aromatic N) is 3. The number of carbonyl (C=O) groups excluding carboxylic acids is 3. The Kier molecular flexibility index (Phi) is 9.57. The van der Waals surface area contributed by atoms with Crippen molar-refractivity contribution in [1.82, 2.24) is 25.2 Å². The van der Waals surface area contributed by atoms with Crippen LogP contribution in [0.3, 0.4) is 0 Å². The van der Waals surface area contributed by atoms with E-state index in [4.69, 9.17) is 4.98 Å². The Balaban J connectivity index is 1.06. The molecule has 3 N–H and O–H groups in total. The number of aryl methyl sites for hydroxylation is 3. The fourth-order valence-corrected chi connectivity index (χ4v) is 6.67. The number of fused-ring (bicyclic) bond motifs is 2. The summed E-state index contributed by atoms with van der Waals surface area (Å²) < 4.78 is 1.73. The summed E-state index contributed by atoms with van der Waals surface area (Å²) >= 11 is 0. The summed E-state index contributed by atoms with van der Waals surface area (Å²) in [4.78, 5) is 58.6. The second-order valence-corrected chi connectivity index (χ2v) is 13.3. The van der Waals surface area contributed by atoms with Gasteiger partial charge in [0.1, 0.15) is 11.7 Å². The molecule has 0 saturated carbocycles. The highest BCUT2D eigenvalue weighted by Gasteiger charge is 2.26. The highest BCUT2D eigenvalue weighted by Crippen LogP contribution is 2.36. The van der Waals surface area contributed by atoms with E-state index in [9.17, 15) is 19.2 Å². The fourth-order valence-electron chi connectivity index (χ4n) is 6.67. The highest BCUT2D eigenvalue weighted by atomic mass is 16.2. The third-order valence-corrected chi connectivity index (χ3v) is 9.56. The van der Waals surface area contributed by atoms with E-state index in [0.29, 0.717) is 23.2 Å². The third kappa shape index (κ3) is 7.28. The smallest absolute Gasteiger partial charge is 0.270 e. The number of aromatic nitrogens is 3. The van der Waals surface area contributed by atoms with Crippen molar-refractivity contribution in [2.75, 3.05) is 5.32 Å². The number of nitrogens with one attached hydrogen (secondary N) is 3. The van der Waals surface area contributed by atoms with Crippen LogP contribution in [0.2, 0.25) is 0 Å². The summed E-state index contributed by atoms with van der Waals surface area (Å²) in [5.74, 6) is 5.18. The van der Waals surface area contributed by atoms with Crippen molar-refractivity contribution < 1.29 is 14.4 Å². The average molecular weight is 703 g/mol. The second kappa shape index (κ2) is 14.6. The van der Waals surface area contributed by atoms with E-state index in [2.05, 4.69) is 64.0 Å². The minimum Gasteiger partial charge on any atom is -0.374 e. The summed E-state index contributed by atoms with van der Waals surface area (Å²) in [6.07, 6.45) is 5.08. The molecule has 0 spiro atoms. The molecule has 3 aromatic carbocycles. The SMILES string of the molecule is CCc1cc(-c2cccc3cc(-c4ccc(C(=O)N[C@@H](C)C#Cc5cccc(NC6CCC(=O)NC6=O)c5)nc4)ncc23)c2cc(C)c(=O)n(C)c2c1. The lowest BCUT2D eigenvalue weighted by Gasteiger charge is -2.22. The van der Waals surface area contributed by atoms with Crippen molar-refractivity contribution in [3.05, 3.63) is 124 Å². The summed E-state index contributed by atoms with van der Waals surface area (Å²) in [5.41, 5.74) is 8.04. The van der Waals surface area contributed by atoms with Crippen molar-refractivity contribution in [3.63, 3.8) is 0 Å². The van der Waals surface area contributed by atoms with Crippen LogP contribution in [-0.4, -0.2) is 44.3 Å². The molecule has 3 amide bonds. The lowest BCUT2D eigenvalue weighted by atomic mass is 9.93. The molecule has 1 unspecified atom stereocenters. The molecule has 3 aromatic heterocycles. The fraction of sp³-hybridized carbons (Fsp3) is 0.209. The number of hydrogen-bond donors (Lipinski definition) is 3. The van der Waals surface area contributed by atoms with Gasteiger partial charge in [0.05, 0.1) is 17.3 Å². The largest absolute Gasteiger partial charge is 0.374 e. The standard InChI is InChI=1S/C43H38N6O4/c1-5-27-20-33(34-18-25(2)43(53)49(4)39(34)21-27)32-11-7-9-29-22-38(45-24-35(29)32)30-14-15-36(44-23-30)41(51)46-26(3)12-13-28-8-6-10-31(19-28)47-37-16-17-40(50)48-42(37)52/h6-11,14-15,18-24,26,37,47H,5,16-17H2,1-4H3,(H,46,51)(H,48,50,52)/t26-,37?/m0/s1. The van der Waals surface area contributed by atoms with E-state index in [1.807, 2.05) is 68.7 Å². The Hall–Kier alpha value is -6.60. The first-order valence-electron chi connectivity index (χ1n) is 17.6. The molecule has 2 atom stereocenters. The van der Waals surface area contributed by atoms with Crippen LogP contribution in [0.1, 0.15) is 53.9 Å². The number of imide groups is 1. The second-order valence-electron chi connectivity index (χ2n) is 13.3. The number of pyridine rings is 3. The normalized spacial score (nSPS) is 14.7. The van der Waals surface area contributed by atoms with Crippen LogP contribution in [0, 0.1) is 18.8 Å². The number of carbonyl (C=O) groups is 3. The molecule has 10 heteroatoms. The van der Waals surface area contributed by atoms with Crippen LogP contribution in [0.15, 0.2) is 96.1 Å². The molecule has 1 aliphatic heterocycles. The molecule has 1 aliphatic rings. The van der Waals surface area contributed by atoms with Crippen molar-refractivity contribution in [1.29, 1.82) is 0 Å². The van der Waals surface area contributed by atoms with Gasteiger partial charge in [-0.05, 0) is 97.3 Å². The van der Waals surface area contributed by atoms with E-state index >= 15 is 0 Å². The molecule has 1 saturated heterocycles. The first kappa shape index (κ1) is 34.8. The van der Waals surface area contributed by atoms with Gasteiger partial charge in [0.2, 0.25) is 11.8 Å². The van der Waals surface area contributed by atoms with Crippen LogP contribution < -0.4 is 21.5 Å². The minimum absolute atomic E-state index is 0.00214. The highest BCUT2D eigenvalue weighted by molar-refractivity contribution is 6.05. The number of benzene rings is 3. The molecule has 264 valence electrons. The number of amides is 3. The zero-order chi connectivity index (χ0) is 37.2. The molecule has 10 nitrogen and oxygen atoms in total. The summed E-state index contributed by atoms with van der Waals surface area (Å²) in [6, 6.07) is 24.4. The predicted octanol–water partition coefficient (Wildman–Crippen LogP) is 6.07. The van der Waals surface area contributed by atoms with Crippen LogP contribution in [0.5, 0.6) is 0 Å². The Labute approximate surface area is 306 Å². The summed E-state index contributed by atoms with van der Waals surface area (Å²) in [6.45, 7) is 5.75. The summed E-state index contributed by atoms with van der Waals surface area (Å²) in [5, 5.41) is 11.4. The van der Waals surface area contributed by atoms with Crippen molar-refractivity contribution in [2.45, 2.75) is 52.1 Å². The van der Waals surface area contributed by atoms with Gasteiger partial charge in [-0.1, -0.05) is 49.1 Å². The van der Waals surface area contributed by atoms with Gasteiger partial charge in [0.25, 0.3) is 11.5 Å². The lowest BCUT2D eigenvalue weighted by Crippen LogP contribution is -2.47. The zero-order valence-corrected chi connectivity index (χ0v) is 29.9. The lowest BCUT2D eigenvalue weighted by molar-refractivity contribution is -0.133. The van der Waals surface area contributed by atoms with E-state index in [-0.39, 0.29) is 35.4 Å². The van der Waals surface area contributed by atoms with E-state index < -0.39 is 12.1 Å². The molecule has 4 heterocycles. The number of hydrogen-bond acceptors (Lipinski definition) is 7. The van der Waals surface area contributed by atoms with Gasteiger partial charge < -0.3 is 15.2 Å². The minimum atomic E-state index is -0.489. The maximum Gasteiger partial charge on any atom is 0.270 e. The third-order valence-electron chi connectivity index (χ3n) is 9.56. The molecule has 0 aliphatic carbocycles. The Bertz CT molecular complexity index is 2560. The molecule has 0 radical (unpaired) electrons. The molecular weight excluding hydrogens is 665 g/mol. The van der Waals surface area contributed by atoms with Gasteiger partial charge in [0, 0.05) is 59.0 Å². The van der Waals surface area contributed by atoms with Crippen LogP contribution in [-0.2, 0) is 23.1 Å². The van der Waals surface area contributed by atoms with Gasteiger partial charge in [-0.25, -0.2) is 0 Å². The maximum atomic E-state index is 13.0. The topological polar surface area (TPSA) is 135 Å². The van der Waals surface area contributed by atoms with Crippen LogP contribution >= 0.6 is 0 Å². The molecule has 53 heavy (non-hydrogen) atoms. The molecule has 0 bridgehead atoms. The van der Waals surface area contributed by atoms with Gasteiger partial charge in [-0.2, -0.15) is 0 Å². The zero-order valence-electron chi connectivity index (χ0n) is 29.9. The van der Waals surface area contributed by atoms with Gasteiger partial charge in [-0.3, -0.25) is 34.5 Å². The quantitative estimate of drug-likeness (QED) is 0.136. The van der Waals surface area contributed by atoms with Gasteiger partial charge >= 0.3 is 0 Å². The maximum absolute atomic E-state index is 13.0. The van der Waals surface area contributed by atoms with Crippen molar-refractivity contribution >= 4 is 45.1 Å². The van der Waals surface area contributed by atoms with Gasteiger partial charge in [-0.15, -0.1) is 0 Å². The Morgan fingerprint density at radius 3 is 2.57 bits per heavy atom. The molecule has 1 fully saturated rings. The monoisotopic (exact) mass is 702 g/mol. The predicted molar refractivity (Wildman–Crippen MR) is 207 cm³/mol. The van der Waals surface area contributed by atoms with E-state index in [1.54, 1.807) is 23.8 Å². The Morgan fingerprint density at radius 1 is 0.962 bits per heavy atom. The number of anilines is 1. The Morgan fingerprint density at radius 2 is 1.79 bits per heavy atom. The molecular formula is C43H38N6O4. The molecule has 7 rings (SSSR count).